The van der Waals surface area contributed by atoms with Crippen molar-refractivity contribution in [2.24, 2.45) is 0 Å². The molecule has 3 nitrogen and oxygen atoms in total. The molecular formula is C16H22N2O. The van der Waals surface area contributed by atoms with E-state index in [1.165, 1.54) is 16.7 Å². The van der Waals surface area contributed by atoms with Gasteiger partial charge in [-0.2, -0.15) is 0 Å². The predicted molar refractivity (Wildman–Crippen MR) is 76.6 cm³/mol. The molecule has 1 heterocycles. The van der Waals surface area contributed by atoms with E-state index >= 15 is 0 Å². The summed E-state index contributed by atoms with van der Waals surface area (Å²) in [5.74, 6) is 0.328. The van der Waals surface area contributed by atoms with E-state index in [1.54, 1.807) is 0 Å². The second-order valence-electron chi connectivity index (χ2n) is 5.94. The maximum absolute atomic E-state index is 11.8. The van der Waals surface area contributed by atoms with Crippen LogP contribution in [-0.4, -0.2) is 48.8 Å². The van der Waals surface area contributed by atoms with Crippen LogP contribution in [-0.2, 0) is 13.0 Å². The van der Waals surface area contributed by atoms with Gasteiger partial charge < -0.3 is 4.90 Å². The van der Waals surface area contributed by atoms with E-state index < -0.39 is 0 Å². The fourth-order valence-corrected chi connectivity index (χ4v) is 3.08. The fraction of sp³-hybridized carbons (Fsp3) is 0.562. The van der Waals surface area contributed by atoms with Gasteiger partial charge in [-0.15, -0.1) is 0 Å². The van der Waals surface area contributed by atoms with Crippen molar-refractivity contribution in [3.8, 4) is 0 Å². The average molecular weight is 258 g/mol. The third kappa shape index (κ3) is 2.58. The Morgan fingerprint density at radius 1 is 1.11 bits per heavy atom. The summed E-state index contributed by atoms with van der Waals surface area (Å²) in [6.07, 6.45) is 1.64. The van der Waals surface area contributed by atoms with E-state index in [4.69, 9.17) is 0 Å². The Balaban J connectivity index is 1.78. The summed E-state index contributed by atoms with van der Waals surface area (Å²) in [6.45, 7) is 7.70. The summed E-state index contributed by atoms with van der Waals surface area (Å²) < 4.78 is 0. The zero-order valence-corrected chi connectivity index (χ0v) is 11.9. The monoisotopic (exact) mass is 258 g/mol. The van der Waals surface area contributed by atoms with Crippen LogP contribution in [0.2, 0.25) is 0 Å². The molecule has 1 aliphatic carbocycles. The van der Waals surface area contributed by atoms with Gasteiger partial charge in [-0.25, -0.2) is 0 Å². The van der Waals surface area contributed by atoms with Gasteiger partial charge in [0.2, 0.25) is 0 Å². The number of hydrogen-bond donors (Lipinski definition) is 0. The summed E-state index contributed by atoms with van der Waals surface area (Å²) in [7, 11) is 2.18. The summed E-state index contributed by atoms with van der Waals surface area (Å²) in [5, 5.41) is 0. The molecule has 0 unspecified atom stereocenters. The zero-order chi connectivity index (χ0) is 13.4. The normalized spacial score (nSPS) is 20.8. The lowest BCUT2D eigenvalue weighted by atomic mass is 10.00. The van der Waals surface area contributed by atoms with Crippen LogP contribution in [0.25, 0.3) is 0 Å². The van der Waals surface area contributed by atoms with E-state index in [0.29, 0.717) is 12.2 Å². The summed E-state index contributed by atoms with van der Waals surface area (Å²) in [4.78, 5) is 16.7. The number of hydrogen-bond acceptors (Lipinski definition) is 3. The Labute approximate surface area is 115 Å². The number of aryl methyl sites for hydroxylation is 2. The molecule has 3 rings (SSSR count). The predicted octanol–water partition coefficient (Wildman–Crippen LogP) is 1.87. The molecule has 1 fully saturated rings. The lowest BCUT2D eigenvalue weighted by Crippen LogP contribution is -2.44. The molecule has 0 N–H and O–H groups in total. The van der Waals surface area contributed by atoms with Crippen molar-refractivity contribution in [3.05, 3.63) is 34.4 Å². The number of carbonyl (C=O) groups is 1. The maximum Gasteiger partial charge on any atom is 0.163 e. The van der Waals surface area contributed by atoms with Gasteiger partial charge in [0.1, 0.15) is 0 Å². The highest BCUT2D eigenvalue weighted by atomic mass is 16.1. The Kier molecular flexibility index (Phi) is 3.42. The Morgan fingerprint density at radius 3 is 2.58 bits per heavy atom. The average Bonchev–Trinajstić information content (AvgIpc) is 2.74. The molecule has 3 heteroatoms. The van der Waals surface area contributed by atoms with Gasteiger partial charge in [0.25, 0.3) is 0 Å². The van der Waals surface area contributed by atoms with Crippen LogP contribution in [0.4, 0.5) is 0 Å². The van der Waals surface area contributed by atoms with E-state index in [9.17, 15) is 4.79 Å². The molecule has 1 saturated heterocycles. The molecule has 1 aromatic carbocycles. The number of carbonyl (C=O) groups excluding carboxylic acids is 1. The highest BCUT2D eigenvalue weighted by Gasteiger charge is 2.22. The molecule has 0 radical (unpaired) electrons. The highest BCUT2D eigenvalue weighted by Crippen LogP contribution is 2.26. The second-order valence-corrected chi connectivity index (χ2v) is 5.94. The lowest BCUT2D eigenvalue weighted by molar-refractivity contribution is 0.0994. The van der Waals surface area contributed by atoms with Gasteiger partial charge in [0, 0.05) is 44.7 Å². The maximum atomic E-state index is 11.8. The van der Waals surface area contributed by atoms with Crippen molar-refractivity contribution in [3.63, 3.8) is 0 Å². The first-order valence-corrected chi connectivity index (χ1v) is 7.20. The largest absolute Gasteiger partial charge is 0.304 e. The van der Waals surface area contributed by atoms with Crippen molar-refractivity contribution in [1.82, 2.24) is 9.80 Å². The first-order chi connectivity index (χ1) is 9.13. The van der Waals surface area contributed by atoms with Crippen molar-refractivity contribution < 1.29 is 4.79 Å². The van der Waals surface area contributed by atoms with Crippen LogP contribution in [0.15, 0.2) is 12.1 Å². The second kappa shape index (κ2) is 5.06. The molecule has 0 bridgehead atoms. The highest BCUT2D eigenvalue weighted by molar-refractivity contribution is 6.00. The number of fused-ring (bicyclic) bond motifs is 1. The van der Waals surface area contributed by atoms with Crippen molar-refractivity contribution in [1.29, 1.82) is 0 Å². The van der Waals surface area contributed by atoms with Crippen LogP contribution in [0.3, 0.4) is 0 Å². The number of Topliss-reactive ketones (excluding diaryl/α,β-unsaturated/α-hetero) is 1. The first-order valence-electron chi connectivity index (χ1n) is 7.20. The molecule has 0 saturated carbocycles. The van der Waals surface area contributed by atoms with Crippen LogP contribution in [0.1, 0.15) is 33.5 Å². The van der Waals surface area contributed by atoms with Crippen molar-refractivity contribution in [2.75, 3.05) is 33.2 Å². The molecule has 0 amide bonds. The third-order valence-corrected chi connectivity index (χ3v) is 4.47. The molecule has 102 valence electrons. The molecule has 1 aromatic rings. The Hall–Kier alpha value is -1.19. The zero-order valence-electron chi connectivity index (χ0n) is 11.9. The van der Waals surface area contributed by atoms with Gasteiger partial charge in [-0.1, -0.05) is 6.07 Å². The minimum Gasteiger partial charge on any atom is -0.304 e. The topological polar surface area (TPSA) is 23.6 Å². The molecule has 0 aromatic heterocycles. The molecule has 1 aliphatic heterocycles. The Morgan fingerprint density at radius 2 is 1.84 bits per heavy atom. The summed E-state index contributed by atoms with van der Waals surface area (Å²) in [6, 6.07) is 4.38. The number of nitrogens with zero attached hydrogens (tertiary/aromatic N) is 2. The minimum absolute atomic E-state index is 0.328. The van der Waals surface area contributed by atoms with Crippen molar-refractivity contribution in [2.45, 2.75) is 26.3 Å². The van der Waals surface area contributed by atoms with Crippen LogP contribution in [0, 0.1) is 6.92 Å². The third-order valence-electron chi connectivity index (χ3n) is 4.47. The number of rotatable bonds is 2. The quantitative estimate of drug-likeness (QED) is 0.809. The molecule has 2 aliphatic rings. The lowest BCUT2D eigenvalue weighted by Gasteiger charge is -2.32. The summed E-state index contributed by atoms with van der Waals surface area (Å²) in [5.41, 5.74) is 4.91. The molecule has 19 heavy (non-hydrogen) atoms. The van der Waals surface area contributed by atoms with E-state index in [-0.39, 0.29) is 0 Å². The first kappa shape index (κ1) is 12.8. The van der Waals surface area contributed by atoms with Gasteiger partial charge in [0.05, 0.1) is 0 Å². The van der Waals surface area contributed by atoms with Gasteiger partial charge in [-0.3, -0.25) is 9.69 Å². The van der Waals surface area contributed by atoms with E-state index in [1.807, 2.05) is 0 Å². The SMILES string of the molecule is Cc1cc2c(cc1CN1CCN(C)CC1)C(=O)CC2. The van der Waals surface area contributed by atoms with Crippen LogP contribution >= 0.6 is 0 Å². The van der Waals surface area contributed by atoms with E-state index in [2.05, 4.69) is 35.9 Å². The number of benzene rings is 1. The number of ketones is 1. The molecule has 0 spiro atoms. The van der Waals surface area contributed by atoms with Gasteiger partial charge in [-0.05, 0) is 43.1 Å². The summed E-state index contributed by atoms with van der Waals surface area (Å²) >= 11 is 0. The molecule has 0 atom stereocenters. The van der Waals surface area contributed by atoms with Gasteiger partial charge in [0.15, 0.2) is 5.78 Å². The number of piperazine rings is 1. The fourth-order valence-electron chi connectivity index (χ4n) is 3.08. The van der Waals surface area contributed by atoms with Crippen LogP contribution < -0.4 is 0 Å². The van der Waals surface area contributed by atoms with E-state index in [0.717, 1.165) is 44.7 Å². The Bertz CT molecular complexity index is 502. The van der Waals surface area contributed by atoms with Crippen molar-refractivity contribution >= 4 is 5.78 Å². The van der Waals surface area contributed by atoms with Gasteiger partial charge >= 0.3 is 0 Å². The standard InChI is InChI=1S/C16H22N2O/c1-12-9-13-3-4-16(19)15(13)10-14(12)11-18-7-5-17(2)6-8-18/h9-10H,3-8,11H2,1-2H3. The smallest absolute Gasteiger partial charge is 0.163 e. The minimum atomic E-state index is 0.328. The van der Waals surface area contributed by atoms with Crippen LogP contribution in [0.5, 0.6) is 0 Å². The number of likely N-dealkylation sites (N-methyl/N-ethyl adjacent to an activating group) is 1. The molecular weight excluding hydrogens is 236 g/mol.